The summed E-state index contributed by atoms with van der Waals surface area (Å²) in [6.45, 7) is 3.71. The zero-order valence-corrected chi connectivity index (χ0v) is 24.5. The van der Waals surface area contributed by atoms with Crippen LogP contribution in [0.15, 0.2) is 68.8 Å². The molecule has 0 aliphatic carbocycles. The SMILES string of the molecule is Cc1cccc(-c2nocc2-c2ccc(S(=O)(=O)NC(=O)CCC(=O)OCCC3(SN=O)CCN(C)CC3)cc2)c1. The van der Waals surface area contributed by atoms with Crippen molar-refractivity contribution in [1.82, 2.24) is 14.8 Å². The highest BCUT2D eigenvalue weighted by Crippen LogP contribution is 2.39. The van der Waals surface area contributed by atoms with Gasteiger partial charge in [0.15, 0.2) is 0 Å². The lowest BCUT2D eigenvalue weighted by molar-refractivity contribution is -0.145. The Morgan fingerprint density at radius 1 is 1.12 bits per heavy atom. The van der Waals surface area contributed by atoms with Crippen LogP contribution in [0, 0.1) is 11.8 Å². The molecule has 3 aromatic rings. The van der Waals surface area contributed by atoms with E-state index in [0.29, 0.717) is 23.2 Å². The molecular weight excluding hydrogens is 568 g/mol. The molecular formula is C28H32N4O7S2. The number of esters is 1. The van der Waals surface area contributed by atoms with Crippen LogP contribution in [0.5, 0.6) is 0 Å². The molecule has 0 atom stereocenters. The third kappa shape index (κ3) is 8.02. The first-order valence-corrected chi connectivity index (χ1v) is 15.4. The van der Waals surface area contributed by atoms with E-state index in [0.717, 1.165) is 49.0 Å². The molecule has 1 amide bonds. The fourth-order valence-electron chi connectivity index (χ4n) is 4.65. The van der Waals surface area contributed by atoms with Gasteiger partial charge in [0, 0.05) is 38.8 Å². The Morgan fingerprint density at radius 2 is 1.85 bits per heavy atom. The normalized spacial score (nSPS) is 15.3. The largest absolute Gasteiger partial charge is 0.466 e. The minimum absolute atomic E-state index is 0.0924. The summed E-state index contributed by atoms with van der Waals surface area (Å²) in [5, 5.41) is 4.10. The van der Waals surface area contributed by atoms with Crippen LogP contribution in [0.2, 0.25) is 0 Å². The maximum atomic E-state index is 12.8. The average molecular weight is 601 g/mol. The number of aromatic nitrogens is 1. The van der Waals surface area contributed by atoms with E-state index in [2.05, 4.69) is 14.6 Å². The van der Waals surface area contributed by atoms with E-state index >= 15 is 0 Å². The van der Waals surface area contributed by atoms with Gasteiger partial charge in [-0.15, -0.1) is 4.91 Å². The van der Waals surface area contributed by atoms with Crippen molar-refractivity contribution in [1.29, 1.82) is 0 Å². The number of ether oxygens (including phenoxy) is 1. The number of likely N-dealkylation sites (tertiary alicyclic amines) is 1. The van der Waals surface area contributed by atoms with Crippen molar-refractivity contribution in [2.75, 3.05) is 26.7 Å². The summed E-state index contributed by atoms with van der Waals surface area (Å²) in [6.07, 6.45) is 2.85. The number of benzene rings is 2. The summed E-state index contributed by atoms with van der Waals surface area (Å²) < 4.78 is 40.6. The number of carbonyl (C=O) groups is 2. The molecule has 0 spiro atoms. The number of hydrogen-bond acceptors (Lipinski definition) is 11. The van der Waals surface area contributed by atoms with E-state index in [-0.39, 0.29) is 29.1 Å². The molecule has 1 N–H and O–H groups in total. The van der Waals surface area contributed by atoms with E-state index < -0.39 is 21.9 Å². The van der Waals surface area contributed by atoms with Crippen LogP contribution >= 0.6 is 11.9 Å². The lowest BCUT2D eigenvalue weighted by Crippen LogP contribution is -2.41. The van der Waals surface area contributed by atoms with Gasteiger partial charge in [-0.2, -0.15) is 0 Å². The number of hydrogen-bond donors (Lipinski definition) is 1. The topological polar surface area (TPSA) is 148 Å². The Bertz CT molecular complexity index is 1480. The Balaban J connectivity index is 1.28. The van der Waals surface area contributed by atoms with E-state index in [1.807, 2.05) is 43.0 Å². The fourth-order valence-corrected chi connectivity index (χ4v) is 6.36. The van der Waals surface area contributed by atoms with Gasteiger partial charge in [-0.1, -0.05) is 41.1 Å². The van der Waals surface area contributed by atoms with Gasteiger partial charge in [-0.3, -0.25) is 9.59 Å². The molecule has 11 nitrogen and oxygen atoms in total. The second-order valence-electron chi connectivity index (χ2n) is 10.1. The highest BCUT2D eigenvalue weighted by Gasteiger charge is 2.35. The Labute approximate surface area is 243 Å². The smallest absolute Gasteiger partial charge is 0.306 e. The predicted molar refractivity (Wildman–Crippen MR) is 155 cm³/mol. The predicted octanol–water partition coefficient (Wildman–Crippen LogP) is 4.71. The van der Waals surface area contributed by atoms with E-state index in [4.69, 9.17) is 9.26 Å². The number of nitrogens with one attached hydrogen (secondary N) is 1. The third-order valence-corrected chi connectivity index (χ3v) is 9.55. The molecule has 13 heteroatoms. The monoisotopic (exact) mass is 600 g/mol. The number of rotatable bonds is 12. The van der Waals surface area contributed by atoms with Crippen LogP contribution in [-0.4, -0.2) is 61.8 Å². The number of piperidine rings is 1. The highest BCUT2D eigenvalue weighted by molar-refractivity contribution is 7.99. The molecule has 0 radical (unpaired) electrons. The maximum absolute atomic E-state index is 12.8. The van der Waals surface area contributed by atoms with Crippen LogP contribution < -0.4 is 4.72 Å². The van der Waals surface area contributed by atoms with Gasteiger partial charge in [0.05, 0.1) is 17.9 Å². The van der Waals surface area contributed by atoms with Gasteiger partial charge in [0.1, 0.15) is 12.0 Å². The van der Waals surface area contributed by atoms with Gasteiger partial charge in [-0.25, -0.2) is 13.1 Å². The number of amides is 1. The summed E-state index contributed by atoms with van der Waals surface area (Å²) in [5.74, 6) is -1.44. The molecule has 2 heterocycles. The zero-order chi connectivity index (χ0) is 29.5. The summed E-state index contributed by atoms with van der Waals surface area (Å²) in [5.41, 5.74) is 3.96. The Morgan fingerprint density at radius 3 is 2.54 bits per heavy atom. The molecule has 1 fully saturated rings. The zero-order valence-electron chi connectivity index (χ0n) is 22.9. The second kappa shape index (κ2) is 13.4. The summed E-state index contributed by atoms with van der Waals surface area (Å²) in [7, 11) is -2.14. The number of carbonyl (C=O) groups excluding carboxylic acids is 2. The van der Waals surface area contributed by atoms with Crippen molar-refractivity contribution in [2.24, 2.45) is 4.58 Å². The van der Waals surface area contributed by atoms with Crippen LogP contribution in [-0.2, 0) is 24.3 Å². The van der Waals surface area contributed by atoms with Crippen LogP contribution in [0.1, 0.15) is 37.7 Å². The molecule has 1 aromatic heterocycles. The minimum Gasteiger partial charge on any atom is -0.466 e. The van der Waals surface area contributed by atoms with Crippen molar-refractivity contribution >= 4 is 33.8 Å². The lowest BCUT2D eigenvalue weighted by Gasteiger charge is -2.37. The number of nitroso groups, excluding NO2 is 1. The number of sulfonamides is 1. The first-order valence-electron chi connectivity index (χ1n) is 13.1. The third-order valence-electron chi connectivity index (χ3n) is 7.09. The average Bonchev–Trinajstić information content (AvgIpc) is 3.44. The molecule has 0 unspecified atom stereocenters. The molecule has 0 saturated carbocycles. The maximum Gasteiger partial charge on any atom is 0.306 e. The fraction of sp³-hybridized carbons (Fsp3) is 0.393. The molecule has 2 aromatic carbocycles. The van der Waals surface area contributed by atoms with Crippen LogP contribution in [0.4, 0.5) is 0 Å². The van der Waals surface area contributed by atoms with E-state index in [1.54, 1.807) is 12.1 Å². The van der Waals surface area contributed by atoms with Crippen molar-refractivity contribution in [3.8, 4) is 22.4 Å². The van der Waals surface area contributed by atoms with Gasteiger partial charge in [-0.05, 0) is 70.1 Å². The van der Waals surface area contributed by atoms with Crippen LogP contribution in [0.3, 0.4) is 0 Å². The Hall–Kier alpha value is -3.55. The first kappa shape index (κ1) is 30.4. The summed E-state index contributed by atoms with van der Waals surface area (Å²) >= 11 is 0.989. The number of aryl methyl sites for hydroxylation is 1. The molecule has 1 saturated heterocycles. The molecule has 0 bridgehead atoms. The van der Waals surface area contributed by atoms with E-state index in [9.17, 15) is 22.9 Å². The Kier molecular flexibility index (Phi) is 9.94. The molecule has 1 aliphatic heterocycles. The summed E-state index contributed by atoms with van der Waals surface area (Å²) in [4.78, 5) is 37.5. The molecule has 218 valence electrons. The number of nitrogens with zero attached hydrogens (tertiary/aromatic N) is 3. The summed E-state index contributed by atoms with van der Waals surface area (Å²) in [6, 6.07) is 13.8. The van der Waals surface area contributed by atoms with Crippen molar-refractivity contribution in [3.05, 3.63) is 65.3 Å². The van der Waals surface area contributed by atoms with Crippen molar-refractivity contribution in [2.45, 2.75) is 48.7 Å². The van der Waals surface area contributed by atoms with Crippen molar-refractivity contribution < 1.29 is 27.3 Å². The van der Waals surface area contributed by atoms with Gasteiger partial charge >= 0.3 is 5.97 Å². The first-order chi connectivity index (χ1) is 19.6. The molecule has 4 rings (SSSR count). The van der Waals surface area contributed by atoms with Gasteiger partial charge in [0.2, 0.25) is 5.91 Å². The van der Waals surface area contributed by atoms with E-state index in [1.165, 1.54) is 18.4 Å². The minimum atomic E-state index is -4.15. The molecule has 41 heavy (non-hydrogen) atoms. The quantitative estimate of drug-likeness (QED) is 0.176. The van der Waals surface area contributed by atoms with Gasteiger partial charge < -0.3 is 14.2 Å². The van der Waals surface area contributed by atoms with Gasteiger partial charge in [0.25, 0.3) is 10.0 Å². The highest BCUT2D eigenvalue weighted by atomic mass is 32.2. The lowest BCUT2D eigenvalue weighted by atomic mass is 9.93. The molecule has 1 aliphatic rings. The van der Waals surface area contributed by atoms with Crippen molar-refractivity contribution in [3.63, 3.8) is 0 Å². The second-order valence-corrected chi connectivity index (χ2v) is 13.0. The standard InChI is InChI=1S/C28H32N4O7S2/c1-20-4-3-5-22(18-20)27-24(19-39-29-27)21-6-8-23(9-7-21)41(36,37)30-25(33)10-11-26(34)38-17-14-28(40-31-35)12-15-32(2)16-13-28/h3-9,18-19H,10-17H2,1-2H3,(H,30,33). The van der Waals surface area contributed by atoms with Crippen LogP contribution in [0.25, 0.3) is 22.4 Å².